The van der Waals surface area contributed by atoms with Crippen molar-refractivity contribution < 1.29 is 22.8 Å². The fourth-order valence-electron chi connectivity index (χ4n) is 2.31. The van der Waals surface area contributed by atoms with Crippen LogP contribution in [0.2, 0.25) is 0 Å². The predicted octanol–water partition coefficient (Wildman–Crippen LogP) is 4.12. The lowest BCUT2D eigenvalue weighted by Crippen LogP contribution is -2.16. The van der Waals surface area contributed by atoms with E-state index in [1.54, 1.807) is 18.2 Å². The average molecular weight is 346 g/mol. The van der Waals surface area contributed by atoms with Gasteiger partial charge in [-0.1, -0.05) is 24.3 Å². The molecule has 2 aromatic carbocycles. The third kappa shape index (κ3) is 4.67. The number of carbonyl (C=O) groups excluding carboxylic acids is 2. The van der Waals surface area contributed by atoms with Gasteiger partial charge in [-0.2, -0.15) is 18.4 Å². The maximum atomic E-state index is 12.5. The van der Waals surface area contributed by atoms with Gasteiger partial charge in [-0.15, -0.1) is 0 Å². The Morgan fingerprint density at radius 3 is 2.32 bits per heavy atom. The van der Waals surface area contributed by atoms with E-state index in [-0.39, 0.29) is 33.7 Å². The average Bonchev–Trinajstić information content (AvgIpc) is 2.54. The van der Waals surface area contributed by atoms with Gasteiger partial charge in [0.25, 0.3) is 5.91 Å². The molecule has 0 heterocycles. The van der Waals surface area contributed by atoms with Crippen LogP contribution in [0.5, 0.6) is 0 Å². The van der Waals surface area contributed by atoms with Gasteiger partial charge >= 0.3 is 6.18 Å². The number of nitrogens with one attached hydrogen (secondary N) is 1. The van der Waals surface area contributed by atoms with Crippen LogP contribution in [0.15, 0.2) is 42.5 Å². The predicted molar refractivity (Wildman–Crippen MR) is 85.3 cm³/mol. The molecular formula is C18H13F3N2O2. The second-order valence-corrected chi connectivity index (χ2v) is 5.33. The Morgan fingerprint density at radius 1 is 1.12 bits per heavy atom. The number of rotatable bonds is 4. The maximum absolute atomic E-state index is 12.5. The summed E-state index contributed by atoms with van der Waals surface area (Å²) in [6.45, 7) is 1.33. The van der Waals surface area contributed by atoms with E-state index in [2.05, 4.69) is 5.32 Å². The molecule has 7 heteroatoms. The number of alkyl halides is 3. The summed E-state index contributed by atoms with van der Waals surface area (Å²) < 4.78 is 37.5. The molecule has 0 aliphatic heterocycles. The highest BCUT2D eigenvalue weighted by atomic mass is 19.4. The van der Waals surface area contributed by atoms with Crippen LogP contribution in [-0.4, -0.2) is 17.9 Å². The number of carbonyl (C=O) groups is 2. The number of nitriles is 1. The van der Waals surface area contributed by atoms with E-state index in [1.807, 2.05) is 0 Å². The van der Waals surface area contributed by atoms with Crippen molar-refractivity contribution in [3.8, 4) is 6.07 Å². The lowest BCUT2D eigenvalue weighted by molar-refractivity contribution is -0.127. The molecule has 1 N–H and O–H groups in total. The summed E-state index contributed by atoms with van der Waals surface area (Å²) in [6.07, 6.45) is -5.66. The van der Waals surface area contributed by atoms with E-state index in [4.69, 9.17) is 5.26 Å². The standard InChI is InChI=1S/C18H13F3N2O2/c1-11(24)15-4-2-3-5-16(15)17(25)23-14-7-6-12(9-18(19,20)21)13(8-14)10-22/h2-8H,9H2,1H3,(H,23,25). The quantitative estimate of drug-likeness (QED) is 0.847. The molecule has 0 atom stereocenters. The third-order valence-corrected chi connectivity index (χ3v) is 3.43. The summed E-state index contributed by atoms with van der Waals surface area (Å²) in [5.74, 6) is -0.873. The van der Waals surface area contributed by atoms with Gasteiger partial charge in [-0.25, -0.2) is 0 Å². The lowest BCUT2D eigenvalue weighted by Gasteiger charge is -2.11. The highest BCUT2D eigenvalue weighted by Gasteiger charge is 2.29. The molecule has 2 rings (SSSR count). The van der Waals surface area contributed by atoms with Crippen molar-refractivity contribution in [2.45, 2.75) is 19.5 Å². The Kier molecular flexibility index (Phi) is 5.22. The van der Waals surface area contributed by atoms with Crippen LogP contribution < -0.4 is 5.32 Å². The van der Waals surface area contributed by atoms with Crippen molar-refractivity contribution in [1.82, 2.24) is 0 Å². The summed E-state index contributed by atoms with van der Waals surface area (Å²) in [4.78, 5) is 23.9. The number of benzene rings is 2. The highest BCUT2D eigenvalue weighted by molar-refractivity contribution is 6.12. The van der Waals surface area contributed by atoms with E-state index >= 15 is 0 Å². The number of anilines is 1. The Labute approximate surface area is 141 Å². The van der Waals surface area contributed by atoms with E-state index in [0.29, 0.717) is 0 Å². The maximum Gasteiger partial charge on any atom is 0.393 e. The minimum atomic E-state index is -4.43. The zero-order valence-electron chi connectivity index (χ0n) is 13.1. The summed E-state index contributed by atoms with van der Waals surface area (Å²) >= 11 is 0. The van der Waals surface area contributed by atoms with Crippen LogP contribution in [0.25, 0.3) is 0 Å². The first kappa shape index (κ1) is 18.2. The zero-order chi connectivity index (χ0) is 18.6. The van der Waals surface area contributed by atoms with Crippen LogP contribution in [0.1, 0.15) is 38.8 Å². The summed E-state index contributed by atoms with van der Waals surface area (Å²) in [6, 6.07) is 11.5. The molecule has 0 spiro atoms. The van der Waals surface area contributed by atoms with Gasteiger partial charge in [-0.05, 0) is 30.7 Å². The molecular weight excluding hydrogens is 333 g/mol. The smallest absolute Gasteiger partial charge is 0.322 e. The Bertz CT molecular complexity index is 867. The van der Waals surface area contributed by atoms with Gasteiger partial charge in [-0.3, -0.25) is 9.59 Å². The largest absolute Gasteiger partial charge is 0.393 e. The van der Waals surface area contributed by atoms with E-state index in [1.165, 1.54) is 31.2 Å². The van der Waals surface area contributed by atoms with Gasteiger partial charge in [0.1, 0.15) is 0 Å². The SMILES string of the molecule is CC(=O)c1ccccc1C(=O)Nc1ccc(CC(F)(F)F)c(C#N)c1. The molecule has 0 bridgehead atoms. The Balaban J connectivity index is 2.28. The molecule has 0 fully saturated rings. The summed E-state index contributed by atoms with van der Waals surface area (Å²) in [7, 11) is 0. The first-order valence-corrected chi connectivity index (χ1v) is 7.22. The second kappa shape index (κ2) is 7.18. The number of hydrogen-bond acceptors (Lipinski definition) is 3. The van der Waals surface area contributed by atoms with Gasteiger partial charge in [0.15, 0.2) is 5.78 Å². The molecule has 0 radical (unpaired) electrons. The number of Topliss-reactive ketones (excluding diaryl/α,β-unsaturated/α-hetero) is 1. The molecule has 2 aromatic rings. The Morgan fingerprint density at radius 2 is 1.76 bits per heavy atom. The normalized spacial score (nSPS) is 10.8. The fraction of sp³-hybridized carbons (Fsp3) is 0.167. The fourth-order valence-corrected chi connectivity index (χ4v) is 2.31. The van der Waals surface area contributed by atoms with Gasteiger partial charge in [0, 0.05) is 11.3 Å². The van der Waals surface area contributed by atoms with Crippen molar-refractivity contribution in [3.05, 3.63) is 64.7 Å². The first-order chi connectivity index (χ1) is 11.7. The molecule has 0 aliphatic rings. The number of amides is 1. The summed E-state index contributed by atoms with van der Waals surface area (Å²) in [5.41, 5.74) is 0.208. The molecule has 1 amide bonds. The second-order valence-electron chi connectivity index (χ2n) is 5.33. The molecule has 4 nitrogen and oxygen atoms in total. The van der Waals surface area contributed by atoms with E-state index in [0.717, 1.165) is 6.07 Å². The van der Waals surface area contributed by atoms with Crippen molar-refractivity contribution >= 4 is 17.4 Å². The van der Waals surface area contributed by atoms with E-state index < -0.39 is 18.5 Å². The number of nitrogens with zero attached hydrogens (tertiary/aromatic N) is 1. The van der Waals surface area contributed by atoms with Crippen molar-refractivity contribution in [3.63, 3.8) is 0 Å². The third-order valence-electron chi connectivity index (χ3n) is 3.43. The molecule has 128 valence electrons. The monoisotopic (exact) mass is 346 g/mol. The molecule has 0 aliphatic carbocycles. The van der Waals surface area contributed by atoms with Crippen LogP contribution in [0.4, 0.5) is 18.9 Å². The van der Waals surface area contributed by atoms with Gasteiger partial charge < -0.3 is 5.32 Å². The van der Waals surface area contributed by atoms with Gasteiger partial charge in [0.05, 0.1) is 23.6 Å². The molecule has 0 unspecified atom stereocenters. The van der Waals surface area contributed by atoms with Crippen molar-refractivity contribution in [2.24, 2.45) is 0 Å². The molecule has 0 saturated carbocycles. The van der Waals surface area contributed by atoms with E-state index in [9.17, 15) is 22.8 Å². The molecule has 0 saturated heterocycles. The van der Waals surface area contributed by atoms with Crippen molar-refractivity contribution in [1.29, 1.82) is 5.26 Å². The Hall–Kier alpha value is -3.14. The number of halogens is 3. The topological polar surface area (TPSA) is 70.0 Å². The highest BCUT2D eigenvalue weighted by Crippen LogP contribution is 2.25. The zero-order valence-corrected chi connectivity index (χ0v) is 13.1. The molecule has 0 aromatic heterocycles. The first-order valence-electron chi connectivity index (χ1n) is 7.22. The van der Waals surface area contributed by atoms with Crippen LogP contribution in [0.3, 0.4) is 0 Å². The number of hydrogen-bond donors (Lipinski definition) is 1. The van der Waals surface area contributed by atoms with Crippen LogP contribution in [0, 0.1) is 11.3 Å². The number of ketones is 1. The lowest BCUT2D eigenvalue weighted by atomic mass is 10.0. The van der Waals surface area contributed by atoms with Crippen molar-refractivity contribution in [2.75, 3.05) is 5.32 Å². The van der Waals surface area contributed by atoms with Crippen LogP contribution in [-0.2, 0) is 6.42 Å². The minimum Gasteiger partial charge on any atom is -0.322 e. The minimum absolute atomic E-state index is 0.146. The van der Waals surface area contributed by atoms with Crippen LogP contribution >= 0.6 is 0 Å². The molecule has 25 heavy (non-hydrogen) atoms. The summed E-state index contributed by atoms with van der Waals surface area (Å²) in [5, 5.41) is 11.5. The van der Waals surface area contributed by atoms with Gasteiger partial charge in [0.2, 0.25) is 0 Å².